The highest BCUT2D eigenvalue weighted by Crippen LogP contribution is 2.18. The first-order valence-corrected chi connectivity index (χ1v) is 9.04. The minimum Gasteiger partial charge on any atom is -0.454 e. The lowest BCUT2D eigenvalue weighted by Gasteiger charge is -2.35. The molecule has 1 aliphatic rings. The first-order chi connectivity index (χ1) is 13.2. The SMILES string of the molecule is O=C(c1ccc(Cn2ccccc2=O)o1)N1CCN(c2ccccc2)CC1. The van der Waals surface area contributed by atoms with Crippen LogP contribution in [0.15, 0.2) is 76.1 Å². The van der Waals surface area contributed by atoms with E-state index < -0.39 is 0 Å². The van der Waals surface area contributed by atoms with Crippen LogP contribution in [0.3, 0.4) is 0 Å². The molecule has 0 N–H and O–H groups in total. The third-order valence-electron chi connectivity index (χ3n) is 4.79. The van der Waals surface area contributed by atoms with Gasteiger partial charge in [-0.1, -0.05) is 24.3 Å². The summed E-state index contributed by atoms with van der Waals surface area (Å²) in [6, 6.07) is 18.7. The molecule has 6 nitrogen and oxygen atoms in total. The lowest BCUT2D eigenvalue weighted by atomic mass is 10.2. The predicted molar refractivity (Wildman–Crippen MR) is 103 cm³/mol. The van der Waals surface area contributed by atoms with E-state index >= 15 is 0 Å². The lowest BCUT2D eigenvalue weighted by molar-refractivity contribution is 0.0712. The number of para-hydroxylation sites is 1. The Morgan fingerprint density at radius 1 is 0.889 bits per heavy atom. The first kappa shape index (κ1) is 17.1. The van der Waals surface area contributed by atoms with Crippen molar-refractivity contribution in [2.45, 2.75) is 6.54 Å². The fourth-order valence-electron chi connectivity index (χ4n) is 3.30. The van der Waals surface area contributed by atoms with Gasteiger partial charge in [-0.3, -0.25) is 9.59 Å². The number of piperazine rings is 1. The molecular weight excluding hydrogens is 342 g/mol. The monoisotopic (exact) mass is 363 g/mol. The van der Waals surface area contributed by atoms with Gasteiger partial charge in [-0.15, -0.1) is 0 Å². The molecule has 0 saturated carbocycles. The molecule has 1 saturated heterocycles. The van der Waals surface area contributed by atoms with E-state index in [4.69, 9.17) is 4.42 Å². The van der Waals surface area contributed by atoms with Crippen LogP contribution in [0.25, 0.3) is 0 Å². The topological polar surface area (TPSA) is 58.7 Å². The molecule has 6 heteroatoms. The maximum absolute atomic E-state index is 12.7. The average molecular weight is 363 g/mol. The highest BCUT2D eigenvalue weighted by molar-refractivity contribution is 5.91. The van der Waals surface area contributed by atoms with E-state index in [1.54, 1.807) is 35.0 Å². The number of pyridine rings is 1. The first-order valence-electron chi connectivity index (χ1n) is 9.04. The van der Waals surface area contributed by atoms with Crippen molar-refractivity contribution >= 4 is 11.6 Å². The fourth-order valence-corrected chi connectivity index (χ4v) is 3.30. The summed E-state index contributed by atoms with van der Waals surface area (Å²) >= 11 is 0. The molecule has 0 unspecified atom stereocenters. The van der Waals surface area contributed by atoms with Gasteiger partial charge in [-0.25, -0.2) is 0 Å². The molecule has 1 amide bonds. The normalized spacial score (nSPS) is 14.4. The zero-order chi connectivity index (χ0) is 18.6. The second-order valence-electron chi connectivity index (χ2n) is 6.55. The summed E-state index contributed by atoms with van der Waals surface area (Å²) in [5, 5.41) is 0. The number of rotatable bonds is 4. The Hall–Kier alpha value is -3.28. The molecule has 3 heterocycles. The van der Waals surface area contributed by atoms with Gasteiger partial charge >= 0.3 is 0 Å². The van der Waals surface area contributed by atoms with Gasteiger partial charge in [0.05, 0.1) is 6.54 Å². The van der Waals surface area contributed by atoms with E-state index in [2.05, 4.69) is 17.0 Å². The Balaban J connectivity index is 1.39. The van der Waals surface area contributed by atoms with Crippen LogP contribution in [0.4, 0.5) is 5.69 Å². The highest BCUT2D eigenvalue weighted by atomic mass is 16.4. The number of furan rings is 1. The van der Waals surface area contributed by atoms with Crippen molar-refractivity contribution in [3.05, 3.63) is 88.7 Å². The van der Waals surface area contributed by atoms with Crippen molar-refractivity contribution in [2.24, 2.45) is 0 Å². The van der Waals surface area contributed by atoms with Gasteiger partial charge in [0.25, 0.3) is 11.5 Å². The molecule has 0 atom stereocenters. The molecule has 0 spiro atoms. The largest absolute Gasteiger partial charge is 0.454 e. The summed E-state index contributed by atoms with van der Waals surface area (Å²) in [4.78, 5) is 28.6. The maximum Gasteiger partial charge on any atom is 0.289 e. The summed E-state index contributed by atoms with van der Waals surface area (Å²) in [5.74, 6) is 0.811. The molecule has 27 heavy (non-hydrogen) atoms. The zero-order valence-electron chi connectivity index (χ0n) is 15.0. The second-order valence-corrected chi connectivity index (χ2v) is 6.55. The highest BCUT2D eigenvalue weighted by Gasteiger charge is 2.24. The predicted octanol–water partition coefficient (Wildman–Crippen LogP) is 2.45. The average Bonchev–Trinajstić information content (AvgIpc) is 3.18. The Labute approximate surface area is 157 Å². The summed E-state index contributed by atoms with van der Waals surface area (Å²) < 4.78 is 7.25. The molecule has 2 aromatic heterocycles. The van der Waals surface area contributed by atoms with Gasteiger partial charge in [0.15, 0.2) is 5.76 Å². The van der Waals surface area contributed by atoms with Gasteiger partial charge in [0.2, 0.25) is 0 Å². The van der Waals surface area contributed by atoms with Crippen LogP contribution >= 0.6 is 0 Å². The quantitative estimate of drug-likeness (QED) is 0.714. The lowest BCUT2D eigenvalue weighted by Crippen LogP contribution is -2.48. The zero-order valence-corrected chi connectivity index (χ0v) is 15.0. The van der Waals surface area contributed by atoms with Gasteiger partial charge in [-0.05, 0) is 30.3 Å². The molecule has 1 aliphatic heterocycles. The number of hydrogen-bond acceptors (Lipinski definition) is 4. The Bertz CT molecular complexity index is 969. The Morgan fingerprint density at radius 2 is 1.63 bits per heavy atom. The second kappa shape index (κ2) is 7.53. The van der Waals surface area contributed by atoms with Crippen molar-refractivity contribution in [2.75, 3.05) is 31.1 Å². The minimum atomic E-state index is -0.102. The van der Waals surface area contributed by atoms with Crippen molar-refractivity contribution in [1.29, 1.82) is 0 Å². The van der Waals surface area contributed by atoms with Gasteiger partial charge in [0, 0.05) is 44.1 Å². The number of amides is 1. The van der Waals surface area contributed by atoms with E-state index in [9.17, 15) is 9.59 Å². The van der Waals surface area contributed by atoms with Crippen LogP contribution < -0.4 is 10.5 Å². The fraction of sp³-hybridized carbons (Fsp3) is 0.238. The van der Waals surface area contributed by atoms with Crippen LogP contribution in [0, 0.1) is 0 Å². The minimum absolute atomic E-state index is 0.0983. The number of benzene rings is 1. The molecule has 4 rings (SSSR count). The summed E-state index contributed by atoms with van der Waals surface area (Å²) in [6.07, 6.45) is 1.70. The number of hydrogen-bond donors (Lipinski definition) is 0. The molecule has 138 valence electrons. The molecule has 0 aliphatic carbocycles. The van der Waals surface area contributed by atoms with E-state index in [-0.39, 0.29) is 11.5 Å². The molecular formula is C21H21N3O3. The molecule has 0 bridgehead atoms. The molecule has 1 fully saturated rings. The van der Waals surface area contributed by atoms with Gasteiger partial charge < -0.3 is 18.8 Å². The van der Waals surface area contributed by atoms with E-state index in [1.807, 2.05) is 23.1 Å². The van der Waals surface area contributed by atoms with Crippen LogP contribution in [-0.4, -0.2) is 41.6 Å². The number of anilines is 1. The van der Waals surface area contributed by atoms with Gasteiger partial charge in [-0.2, -0.15) is 0 Å². The van der Waals surface area contributed by atoms with Crippen molar-refractivity contribution in [1.82, 2.24) is 9.47 Å². The third-order valence-corrected chi connectivity index (χ3v) is 4.79. The van der Waals surface area contributed by atoms with Crippen LogP contribution in [0.1, 0.15) is 16.3 Å². The van der Waals surface area contributed by atoms with Crippen LogP contribution in [0.5, 0.6) is 0 Å². The summed E-state index contributed by atoms with van der Waals surface area (Å²) in [7, 11) is 0. The van der Waals surface area contributed by atoms with Crippen LogP contribution in [-0.2, 0) is 6.54 Å². The van der Waals surface area contributed by atoms with Crippen molar-refractivity contribution in [3.8, 4) is 0 Å². The Morgan fingerprint density at radius 3 is 2.37 bits per heavy atom. The number of nitrogens with zero attached hydrogens (tertiary/aromatic N) is 3. The van der Waals surface area contributed by atoms with E-state index in [0.29, 0.717) is 31.2 Å². The number of aromatic nitrogens is 1. The smallest absolute Gasteiger partial charge is 0.289 e. The van der Waals surface area contributed by atoms with E-state index in [1.165, 1.54) is 11.8 Å². The van der Waals surface area contributed by atoms with Crippen LogP contribution in [0.2, 0.25) is 0 Å². The number of carbonyl (C=O) groups is 1. The third kappa shape index (κ3) is 3.79. The molecule has 1 aromatic carbocycles. The standard InChI is InChI=1S/C21H21N3O3/c25-20-8-4-5-11-24(20)16-18-9-10-19(27-18)21(26)23-14-12-22(13-15-23)17-6-2-1-3-7-17/h1-11H,12-16H2. The summed E-state index contributed by atoms with van der Waals surface area (Å²) in [6.45, 7) is 3.21. The maximum atomic E-state index is 12.7. The van der Waals surface area contributed by atoms with Crippen molar-refractivity contribution in [3.63, 3.8) is 0 Å². The van der Waals surface area contributed by atoms with E-state index in [0.717, 1.165) is 13.1 Å². The number of carbonyl (C=O) groups excluding carboxylic acids is 1. The molecule has 3 aromatic rings. The van der Waals surface area contributed by atoms with Crippen molar-refractivity contribution < 1.29 is 9.21 Å². The van der Waals surface area contributed by atoms with Gasteiger partial charge in [0.1, 0.15) is 5.76 Å². The Kier molecular flexibility index (Phi) is 4.78. The summed E-state index contributed by atoms with van der Waals surface area (Å²) in [5.41, 5.74) is 1.08. The molecule has 0 radical (unpaired) electrons.